The van der Waals surface area contributed by atoms with E-state index in [2.05, 4.69) is 20.2 Å². The number of carbonyl (C=O) groups is 1. The van der Waals surface area contributed by atoms with E-state index in [0.29, 0.717) is 6.42 Å². The average Bonchev–Trinajstić information content (AvgIpc) is 2.89. The predicted octanol–water partition coefficient (Wildman–Crippen LogP) is 1.16. The molecule has 10 heteroatoms. The standard InChI is InChI=1S/C12H13FN4O3S2/c1-8(18)15-11-16-17-12(21-11)22(19,20)14-7-6-9-2-4-10(13)5-3-9/h2-5,14H,6-7H2,1H3,(H,15,16,18). The first-order valence-corrected chi connectivity index (χ1v) is 8.52. The third-order valence-electron chi connectivity index (χ3n) is 2.54. The second kappa shape index (κ2) is 6.90. The van der Waals surface area contributed by atoms with Crippen molar-refractivity contribution >= 4 is 32.4 Å². The molecule has 1 heterocycles. The number of hydrogen-bond donors (Lipinski definition) is 2. The van der Waals surface area contributed by atoms with Crippen LogP contribution in [0.3, 0.4) is 0 Å². The Bertz CT molecular complexity index is 759. The van der Waals surface area contributed by atoms with Crippen molar-refractivity contribution in [2.24, 2.45) is 0 Å². The van der Waals surface area contributed by atoms with Crippen LogP contribution in [-0.2, 0) is 21.2 Å². The normalized spacial score (nSPS) is 11.4. The molecule has 1 aromatic heterocycles. The number of carbonyl (C=O) groups excluding carboxylic acids is 1. The van der Waals surface area contributed by atoms with Crippen LogP contribution in [0.2, 0.25) is 0 Å². The number of rotatable bonds is 6. The van der Waals surface area contributed by atoms with Crippen LogP contribution < -0.4 is 10.0 Å². The summed E-state index contributed by atoms with van der Waals surface area (Å²) in [6, 6.07) is 5.80. The van der Waals surface area contributed by atoms with Gasteiger partial charge >= 0.3 is 0 Å². The van der Waals surface area contributed by atoms with E-state index in [1.165, 1.54) is 19.1 Å². The van der Waals surface area contributed by atoms with Gasteiger partial charge in [-0.1, -0.05) is 23.5 Å². The van der Waals surface area contributed by atoms with Crippen molar-refractivity contribution in [1.29, 1.82) is 0 Å². The Labute approximate surface area is 130 Å². The lowest BCUT2D eigenvalue weighted by Crippen LogP contribution is -2.25. The maximum absolute atomic E-state index is 12.8. The number of aromatic nitrogens is 2. The maximum Gasteiger partial charge on any atom is 0.269 e. The summed E-state index contributed by atoms with van der Waals surface area (Å²) < 4.78 is 38.9. The summed E-state index contributed by atoms with van der Waals surface area (Å²) in [6.07, 6.45) is 0.414. The number of benzene rings is 1. The highest BCUT2D eigenvalue weighted by Crippen LogP contribution is 2.19. The largest absolute Gasteiger partial charge is 0.301 e. The summed E-state index contributed by atoms with van der Waals surface area (Å²) in [7, 11) is -3.78. The molecule has 118 valence electrons. The third-order valence-corrected chi connectivity index (χ3v) is 5.21. The van der Waals surface area contributed by atoms with Gasteiger partial charge in [0.25, 0.3) is 10.0 Å². The monoisotopic (exact) mass is 344 g/mol. The fourth-order valence-corrected chi connectivity index (χ4v) is 3.58. The summed E-state index contributed by atoms with van der Waals surface area (Å²) in [5.74, 6) is -0.701. The SMILES string of the molecule is CC(=O)Nc1nnc(S(=O)(=O)NCCc2ccc(F)cc2)s1. The Morgan fingerprint density at radius 1 is 1.27 bits per heavy atom. The second-order valence-electron chi connectivity index (χ2n) is 4.33. The summed E-state index contributed by atoms with van der Waals surface area (Å²) in [5, 5.41) is 9.59. The Morgan fingerprint density at radius 2 is 1.95 bits per heavy atom. The van der Waals surface area contributed by atoms with Crippen molar-refractivity contribution in [1.82, 2.24) is 14.9 Å². The van der Waals surface area contributed by atoms with Crippen molar-refractivity contribution in [2.75, 3.05) is 11.9 Å². The van der Waals surface area contributed by atoms with Gasteiger partial charge < -0.3 is 5.32 Å². The van der Waals surface area contributed by atoms with Crippen molar-refractivity contribution in [2.45, 2.75) is 17.7 Å². The zero-order valence-electron chi connectivity index (χ0n) is 11.5. The lowest BCUT2D eigenvalue weighted by molar-refractivity contribution is -0.114. The molecule has 2 rings (SSSR count). The van der Waals surface area contributed by atoms with Crippen LogP contribution in [-0.4, -0.2) is 31.1 Å². The molecule has 22 heavy (non-hydrogen) atoms. The van der Waals surface area contributed by atoms with Crippen LogP contribution in [0.5, 0.6) is 0 Å². The Morgan fingerprint density at radius 3 is 2.59 bits per heavy atom. The van der Waals surface area contributed by atoms with Crippen molar-refractivity contribution in [3.63, 3.8) is 0 Å². The fraction of sp³-hybridized carbons (Fsp3) is 0.250. The smallest absolute Gasteiger partial charge is 0.269 e. The van der Waals surface area contributed by atoms with Gasteiger partial charge in [0.05, 0.1) is 0 Å². The van der Waals surface area contributed by atoms with Gasteiger partial charge in [-0.05, 0) is 24.1 Å². The highest BCUT2D eigenvalue weighted by molar-refractivity contribution is 7.91. The number of hydrogen-bond acceptors (Lipinski definition) is 6. The number of nitrogens with one attached hydrogen (secondary N) is 2. The highest BCUT2D eigenvalue weighted by Gasteiger charge is 2.19. The van der Waals surface area contributed by atoms with Crippen molar-refractivity contribution in [3.8, 4) is 0 Å². The Kier molecular flexibility index (Phi) is 5.16. The number of anilines is 1. The topological polar surface area (TPSA) is 101 Å². The van der Waals surface area contributed by atoms with Gasteiger partial charge in [0, 0.05) is 13.5 Å². The highest BCUT2D eigenvalue weighted by atomic mass is 32.2. The molecule has 2 N–H and O–H groups in total. The van der Waals surface area contributed by atoms with Crippen LogP contribution in [0, 0.1) is 5.82 Å². The van der Waals surface area contributed by atoms with Gasteiger partial charge in [-0.25, -0.2) is 17.5 Å². The van der Waals surface area contributed by atoms with Crippen molar-refractivity contribution < 1.29 is 17.6 Å². The summed E-state index contributed by atoms with van der Waals surface area (Å²) in [6.45, 7) is 1.43. The van der Waals surface area contributed by atoms with E-state index in [-0.39, 0.29) is 27.7 Å². The first-order chi connectivity index (χ1) is 10.4. The molecule has 0 atom stereocenters. The van der Waals surface area contributed by atoms with Crippen molar-refractivity contribution in [3.05, 3.63) is 35.6 Å². The van der Waals surface area contributed by atoms with Gasteiger partial charge in [0.1, 0.15) is 5.82 Å². The van der Waals surface area contributed by atoms with Crippen LogP contribution in [0.25, 0.3) is 0 Å². The van der Waals surface area contributed by atoms with Gasteiger partial charge in [0.2, 0.25) is 15.4 Å². The first kappa shape index (κ1) is 16.5. The molecule has 2 aromatic rings. The van der Waals surface area contributed by atoms with E-state index < -0.39 is 10.0 Å². The van der Waals surface area contributed by atoms with Gasteiger partial charge in [0.15, 0.2) is 0 Å². The predicted molar refractivity (Wildman–Crippen MR) is 79.5 cm³/mol. The quantitative estimate of drug-likeness (QED) is 0.766. The van der Waals surface area contributed by atoms with Crippen LogP contribution in [0.4, 0.5) is 9.52 Å². The number of sulfonamides is 1. The molecule has 0 spiro atoms. The molecule has 0 unspecified atom stereocenters. The molecule has 0 radical (unpaired) electrons. The van der Waals surface area contributed by atoms with Gasteiger partial charge in [-0.2, -0.15) is 0 Å². The zero-order chi connectivity index (χ0) is 16.2. The van der Waals surface area contributed by atoms with E-state index in [1.54, 1.807) is 12.1 Å². The molecule has 0 saturated heterocycles. The molecule has 0 saturated carbocycles. The summed E-state index contributed by atoms with van der Waals surface area (Å²) in [4.78, 5) is 10.9. The maximum atomic E-state index is 12.8. The molecule has 1 amide bonds. The molecule has 7 nitrogen and oxygen atoms in total. The molecule has 0 fully saturated rings. The third kappa shape index (κ3) is 4.55. The van der Waals surface area contributed by atoms with E-state index in [0.717, 1.165) is 16.9 Å². The van der Waals surface area contributed by atoms with E-state index >= 15 is 0 Å². The van der Waals surface area contributed by atoms with Gasteiger partial charge in [-0.15, -0.1) is 10.2 Å². The lowest BCUT2D eigenvalue weighted by atomic mass is 10.1. The Hall–Kier alpha value is -1.91. The molecule has 0 aliphatic carbocycles. The molecule has 0 aliphatic rings. The van der Waals surface area contributed by atoms with E-state index in [9.17, 15) is 17.6 Å². The number of amides is 1. The number of halogens is 1. The molecular formula is C12H13FN4O3S2. The minimum Gasteiger partial charge on any atom is -0.301 e. The molecule has 1 aromatic carbocycles. The van der Waals surface area contributed by atoms with Crippen LogP contribution >= 0.6 is 11.3 Å². The van der Waals surface area contributed by atoms with Crippen LogP contribution in [0.1, 0.15) is 12.5 Å². The van der Waals surface area contributed by atoms with Crippen LogP contribution in [0.15, 0.2) is 28.6 Å². The minimum atomic E-state index is -3.78. The van der Waals surface area contributed by atoms with E-state index in [1.807, 2.05) is 0 Å². The lowest BCUT2D eigenvalue weighted by Gasteiger charge is -2.03. The molecular weight excluding hydrogens is 331 g/mol. The zero-order valence-corrected chi connectivity index (χ0v) is 13.2. The Balaban J connectivity index is 1.94. The molecule has 0 bridgehead atoms. The fourth-order valence-electron chi connectivity index (χ4n) is 1.56. The summed E-state index contributed by atoms with van der Waals surface area (Å²) >= 11 is 0.762. The summed E-state index contributed by atoms with van der Waals surface area (Å²) in [5.41, 5.74) is 0.806. The second-order valence-corrected chi connectivity index (χ2v) is 7.25. The minimum absolute atomic E-state index is 0.117. The first-order valence-electron chi connectivity index (χ1n) is 6.22. The van der Waals surface area contributed by atoms with Gasteiger partial charge in [-0.3, -0.25) is 4.79 Å². The average molecular weight is 344 g/mol. The number of nitrogens with zero attached hydrogens (tertiary/aromatic N) is 2. The van der Waals surface area contributed by atoms with E-state index in [4.69, 9.17) is 0 Å². The molecule has 0 aliphatic heterocycles.